The van der Waals surface area contributed by atoms with Crippen molar-refractivity contribution in [3.05, 3.63) is 69.4 Å². The fourth-order valence-corrected chi connectivity index (χ4v) is 3.26. The first kappa shape index (κ1) is 22.9. The topological polar surface area (TPSA) is 123 Å². The molecule has 0 aliphatic carbocycles. The Morgan fingerprint density at radius 3 is 2.59 bits per heavy atom. The standard InChI is InChI=1S/C22H23FN4O5/c1-24-21(30)18-20(29)19-16(27(22(18)31)12-17(28)25-7-8-32-2)10-14(11-26-19)9-13-3-5-15(23)6-4-13/h3-6,10-11,29H,7-9,12H2,1-2H3,(H,24,30)(H,25,28). The van der Waals surface area contributed by atoms with Gasteiger partial charge in [-0.25, -0.2) is 4.39 Å². The first-order valence-corrected chi connectivity index (χ1v) is 9.82. The molecule has 3 aromatic rings. The van der Waals surface area contributed by atoms with E-state index in [9.17, 15) is 23.9 Å². The van der Waals surface area contributed by atoms with E-state index in [0.717, 1.165) is 10.1 Å². The Bertz CT molecular complexity index is 1210. The predicted molar refractivity (Wildman–Crippen MR) is 115 cm³/mol. The minimum absolute atomic E-state index is 0.00995. The van der Waals surface area contributed by atoms with Crippen LogP contribution in [0, 0.1) is 5.82 Å². The van der Waals surface area contributed by atoms with Crippen LogP contribution in [-0.4, -0.2) is 53.8 Å². The van der Waals surface area contributed by atoms with Gasteiger partial charge in [-0.2, -0.15) is 0 Å². The van der Waals surface area contributed by atoms with Gasteiger partial charge < -0.3 is 20.5 Å². The van der Waals surface area contributed by atoms with Gasteiger partial charge in [-0.1, -0.05) is 12.1 Å². The molecule has 0 aliphatic rings. The quantitative estimate of drug-likeness (QED) is 0.447. The summed E-state index contributed by atoms with van der Waals surface area (Å²) in [5, 5.41) is 15.5. The molecule has 0 unspecified atom stereocenters. The van der Waals surface area contributed by atoms with E-state index in [1.165, 1.54) is 32.5 Å². The molecule has 0 fully saturated rings. The molecule has 0 radical (unpaired) electrons. The van der Waals surface area contributed by atoms with Crippen LogP contribution in [0.4, 0.5) is 4.39 Å². The van der Waals surface area contributed by atoms with Gasteiger partial charge in [0.2, 0.25) is 5.91 Å². The molecule has 0 atom stereocenters. The van der Waals surface area contributed by atoms with E-state index in [0.29, 0.717) is 18.6 Å². The summed E-state index contributed by atoms with van der Waals surface area (Å²) >= 11 is 0. The molecular weight excluding hydrogens is 419 g/mol. The van der Waals surface area contributed by atoms with E-state index < -0.39 is 28.7 Å². The molecule has 0 saturated carbocycles. The number of ether oxygens (including phenoxy) is 1. The molecule has 3 N–H and O–H groups in total. The van der Waals surface area contributed by atoms with E-state index in [1.54, 1.807) is 18.2 Å². The molecule has 0 spiro atoms. The number of pyridine rings is 2. The number of amides is 2. The second-order valence-corrected chi connectivity index (χ2v) is 7.05. The van der Waals surface area contributed by atoms with Crippen molar-refractivity contribution in [2.24, 2.45) is 0 Å². The van der Waals surface area contributed by atoms with E-state index in [2.05, 4.69) is 15.6 Å². The normalized spacial score (nSPS) is 10.8. The minimum atomic E-state index is -0.822. The third-order valence-corrected chi connectivity index (χ3v) is 4.84. The summed E-state index contributed by atoms with van der Waals surface area (Å²) in [6, 6.07) is 7.55. The Labute approximate surface area is 182 Å². The number of nitrogens with one attached hydrogen (secondary N) is 2. The van der Waals surface area contributed by atoms with Crippen LogP contribution in [0.15, 0.2) is 41.3 Å². The number of hydrogen-bond donors (Lipinski definition) is 3. The molecule has 0 saturated heterocycles. The Hall–Kier alpha value is -3.79. The zero-order chi connectivity index (χ0) is 23.3. The summed E-state index contributed by atoms with van der Waals surface area (Å²) in [7, 11) is 2.82. The van der Waals surface area contributed by atoms with Gasteiger partial charge in [0, 0.05) is 26.9 Å². The molecule has 32 heavy (non-hydrogen) atoms. The van der Waals surface area contributed by atoms with Crippen molar-refractivity contribution in [1.82, 2.24) is 20.2 Å². The molecule has 0 bridgehead atoms. The lowest BCUT2D eigenvalue weighted by atomic mass is 10.1. The van der Waals surface area contributed by atoms with Gasteiger partial charge in [0.15, 0.2) is 5.75 Å². The summed E-state index contributed by atoms with van der Waals surface area (Å²) in [4.78, 5) is 41.9. The van der Waals surface area contributed by atoms with Gasteiger partial charge in [-0.05, 0) is 35.7 Å². The van der Waals surface area contributed by atoms with E-state index in [1.807, 2.05) is 0 Å². The number of aromatic hydroxyl groups is 1. The van der Waals surface area contributed by atoms with Crippen molar-refractivity contribution < 1.29 is 23.8 Å². The van der Waals surface area contributed by atoms with Crippen LogP contribution in [0.5, 0.6) is 5.75 Å². The number of halogens is 1. The van der Waals surface area contributed by atoms with Gasteiger partial charge in [0.1, 0.15) is 23.4 Å². The number of benzene rings is 1. The Kier molecular flexibility index (Phi) is 7.16. The van der Waals surface area contributed by atoms with Crippen molar-refractivity contribution >= 4 is 22.8 Å². The maximum atomic E-state index is 13.2. The highest BCUT2D eigenvalue weighted by atomic mass is 19.1. The minimum Gasteiger partial charge on any atom is -0.505 e. The molecule has 2 aromatic heterocycles. The molecule has 168 valence electrons. The monoisotopic (exact) mass is 442 g/mol. The molecule has 0 aliphatic heterocycles. The highest BCUT2D eigenvalue weighted by molar-refractivity contribution is 6.01. The summed E-state index contributed by atoms with van der Waals surface area (Å²) in [5.74, 6) is -2.18. The second-order valence-electron chi connectivity index (χ2n) is 7.05. The van der Waals surface area contributed by atoms with Gasteiger partial charge in [0.25, 0.3) is 11.5 Å². The predicted octanol–water partition coefficient (Wildman–Crippen LogP) is 0.954. The molecule has 10 heteroatoms. The van der Waals surface area contributed by atoms with Crippen LogP contribution in [0.1, 0.15) is 21.5 Å². The van der Waals surface area contributed by atoms with Crippen molar-refractivity contribution in [3.8, 4) is 5.75 Å². The fourth-order valence-electron chi connectivity index (χ4n) is 3.26. The smallest absolute Gasteiger partial charge is 0.268 e. The second kappa shape index (κ2) is 10.0. The number of carbonyl (C=O) groups is 2. The van der Waals surface area contributed by atoms with Crippen molar-refractivity contribution in [3.63, 3.8) is 0 Å². The highest BCUT2D eigenvalue weighted by Gasteiger charge is 2.23. The van der Waals surface area contributed by atoms with Crippen LogP contribution >= 0.6 is 0 Å². The lowest BCUT2D eigenvalue weighted by molar-refractivity contribution is -0.121. The van der Waals surface area contributed by atoms with Crippen molar-refractivity contribution in [2.75, 3.05) is 27.3 Å². The Balaban J connectivity index is 2.10. The molecule has 2 heterocycles. The first-order chi connectivity index (χ1) is 15.3. The maximum Gasteiger partial charge on any atom is 0.268 e. The zero-order valence-electron chi connectivity index (χ0n) is 17.6. The average Bonchev–Trinajstić information content (AvgIpc) is 2.78. The van der Waals surface area contributed by atoms with Crippen LogP contribution in [0.3, 0.4) is 0 Å². The van der Waals surface area contributed by atoms with E-state index >= 15 is 0 Å². The van der Waals surface area contributed by atoms with Crippen LogP contribution in [0.25, 0.3) is 11.0 Å². The Morgan fingerprint density at radius 1 is 1.22 bits per heavy atom. The number of fused-ring (bicyclic) bond motifs is 1. The molecule has 1 aromatic carbocycles. The highest BCUT2D eigenvalue weighted by Crippen LogP contribution is 2.26. The average molecular weight is 442 g/mol. The van der Waals surface area contributed by atoms with Gasteiger partial charge in [0.05, 0.1) is 12.1 Å². The third kappa shape index (κ3) is 4.92. The molecule has 2 amide bonds. The molecular formula is C22H23FN4O5. The SMILES string of the molecule is CNC(=O)c1c(O)c2ncc(Cc3ccc(F)cc3)cc2n(CC(=O)NCCOC)c1=O. The Morgan fingerprint density at radius 2 is 1.94 bits per heavy atom. The lowest BCUT2D eigenvalue weighted by Gasteiger charge is -2.15. The van der Waals surface area contributed by atoms with Crippen LogP contribution < -0.4 is 16.2 Å². The fraction of sp³-hybridized carbons (Fsp3) is 0.273. The largest absolute Gasteiger partial charge is 0.505 e. The summed E-state index contributed by atoms with van der Waals surface area (Å²) in [6.07, 6.45) is 1.88. The van der Waals surface area contributed by atoms with Gasteiger partial charge in [-0.15, -0.1) is 0 Å². The summed E-state index contributed by atoms with van der Waals surface area (Å²) in [6.45, 7) is 0.158. The summed E-state index contributed by atoms with van der Waals surface area (Å²) < 4.78 is 19.2. The number of rotatable bonds is 8. The lowest BCUT2D eigenvalue weighted by Crippen LogP contribution is -2.37. The number of methoxy groups -OCH3 is 1. The number of hydrogen-bond acceptors (Lipinski definition) is 6. The van der Waals surface area contributed by atoms with Crippen molar-refractivity contribution in [2.45, 2.75) is 13.0 Å². The van der Waals surface area contributed by atoms with Crippen LogP contribution in [-0.2, 0) is 22.5 Å². The maximum absolute atomic E-state index is 13.2. The number of aromatic nitrogens is 2. The first-order valence-electron chi connectivity index (χ1n) is 9.82. The third-order valence-electron chi connectivity index (χ3n) is 4.84. The van der Waals surface area contributed by atoms with E-state index in [-0.39, 0.29) is 29.9 Å². The summed E-state index contributed by atoms with van der Waals surface area (Å²) in [5.41, 5.74) is 0.368. The molecule has 3 rings (SSSR count). The van der Waals surface area contributed by atoms with Crippen LogP contribution in [0.2, 0.25) is 0 Å². The number of carbonyl (C=O) groups excluding carboxylic acids is 2. The zero-order valence-corrected chi connectivity index (χ0v) is 17.6. The molecule has 9 nitrogen and oxygen atoms in total. The van der Waals surface area contributed by atoms with Crippen molar-refractivity contribution in [1.29, 1.82) is 0 Å². The van der Waals surface area contributed by atoms with Gasteiger partial charge >= 0.3 is 0 Å². The number of nitrogens with zero attached hydrogens (tertiary/aromatic N) is 2. The van der Waals surface area contributed by atoms with Gasteiger partial charge in [-0.3, -0.25) is 23.9 Å². The van der Waals surface area contributed by atoms with E-state index in [4.69, 9.17) is 4.74 Å².